The average molecular weight is 247 g/mol. The molecular weight excluding hydrogens is 234 g/mol. The molecule has 0 heterocycles. The lowest BCUT2D eigenvalue weighted by molar-refractivity contribution is -0.384. The second-order valence-electron chi connectivity index (χ2n) is 3.69. The van der Waals surface area contributed by atoms with Crippen LogP contribution >= 0.6 is 0 Å². The van der Waals surface area contributed by atoms with E-state index in [2.05, 4.69) is 5.92 Å². The van der Waals surface area contributed by atoms with Gasteiger partial charge in [0.15, 0.2) is 0 Å². The van der Waals surface area contributed by atoms with Crippen molar-refractivity contribution < 1.29 is 9.72 Å². The first-order valence-corrected chi connectivity index (χ1v) is 5.18. The molecular formula is C12H13N3O3. The van der Waals surface area contributed by atoms with Crippen molar-refractivity contribution in [1.82, 2.24) is 0 Å². The highest BCUT2D eigenvalue weighted by atomic mass is 16.6. The van der Waals surface area contributed by atoms with E-state index < -0.39 is 11.0 Å². The highest BCUT2D eigenvalue weighted by Crippen LogP contribution is 2.18. The smallest absolute Gasteiger partial charge is 0.269 e. The summed E-state index contributed by atoms with van der Waals surface area (Å²) in [6, 6.07) is 4.85. The zero-order valence-electron chi connectivity index (χ0n) is 9.87. The molecule has 0 saturated carbocycles. The molecule has 94 valence electrons. The maximum Gasteiger partial charge on any atom is 0.269 e. The van der Waals surface area contributed by atoms with Gasteiger partial charge in [0.05, 0.1) is 11.0 Å². The van der Waals surface area contributed by atoms with Crippen LogP contribution in [-0.2, 0) is 4.79 Å². The minimum Gasteiger partial charge on any atom is -0.319 e. The molecule has 1 atom stereocenters. The quantitative estimate of drug-likeness (QED) is 0.486. The van der Waals surface area contributed by atoms with Gasteiger partial charge < -0.3 is 10.6 Å². The number of nitrogens with zero attached hydrogens (tertiary/aromatic N) is 2. The van der Waals surface area contributed by atoms with Crippen molar-refractivity contribution in [3.8, 4) is 12.3 Å². The molecule has 1 amide bonds. The SMILES string of the molecule is C#CCC(N)C(=O)N(C)c1ccc([N+](=O)[O-])cc1. The van der Waals surface area contributed by atoms with E-state index in [0.717, 1.165) is 0 Å². The highest BCUT2D eigenvalue weighted by molar-refractivity contribution is 5.96. The van der Waals surface area contributed by atoms with Crippen LogP contribution in [0.15, 0.2) is 24.3 Å². The van der Waals surface area contributed by atoms with Gasteiger partial charge in [0.1, 0.15) is 0 Å². The minimum atomic E-state index is -0.768. The number of hydrogen-bond donors (Lipinski definition) is 1. The van der Waals surface area contributed by atoms with Crippen molar-refractivity contribution in [1.29, 1.82) is 0 Å². The Kier molecular flexibility index (Phi) is 4.40. The standard InChI is InChI=1S/C12H13N3O3/c1-3-4-11(13)12(16)14(2)9-5-7-10(8-6-9)15(17)18/h1,5-8,11H,4,13H2,2H3. The van der Waals surface area contributed by atoms with Crippen molar-refractivity contribution in [3.05, 3.63) is 34.4 Å². The average Bonchev–Trinajstić information content (AvgIpc) is 2.37. The van der Waals surface area contributed by atoms with E-state index in [1.165, 1.54) is 29.2 Å². The van der Waals surface area contributed by atoms with E-state index in [0.29, 0.717) is 5.69 Å². The molecule has 2 N–H and O–H groups in total. The van der Waals surface area contributed by atoms with E-state index in [4.69, 9.17) is 12.2 Å². The van der Waals surface area contributed by atoms with E-state index >= 15 is 0 Å². The number of hydrogen-bond acceptors (Lipinski definition) is 4. The number of nitro benzene ring substituents is 1. The number of terminal acetylenes is 1. The van der Waals surface area contributed by atoms with Crippen LogP contribution in [0.5, 0.6) is 0 Å². The zero-order valence-corrected chi connectivity index (χ0v) is 9.87. The summed E-state index contributed by atoms with van der Waals surface area (Å²) in [7, 11) is 1.54. The van der Waals surface area contributed by atoms with Gasteiger partial charge in [0.2, 0.25) is 5.91 Å². The van der Waals surface area contributed by atoms with Crippen LogP contribution in [0.2, 0.25) is 0 Å². The van der Waals surface area contributed by atoms with Gasteiger partial charge in [-0.25, -0.2) is 0 Å². The van der Waals surface area contributed by atoms with E-state index in [1.54, 1.807) is 7.05 Å². The summed E-state index contributed by atoms with van der Waals surface area (Å²) in [5.74, 6) is 1.99. The molecule has 0 radical (unpaired) electrons. The molecule has 1 aromatic carbocycles. The normalized spacial score (nSPS) is 11.4. The Bertz CT molecular complexity index is 490. The van der Waals surface area contributed by atoms with Crippen molar-refractivity contribution in [2.24, 2.45) is 5.73 Å². The molecule has 1 aromatic rings. The number of nitro groups is 1. The number of carbonyl (C=O) groups excluding carboxylic acids is 1. The number of likely N-dealkylation sites (N-methyl/N-ethyl adjacent to an activating group) is 1. The Labute approximate surface area is 105 Å². The molecule has 1 rings (SSSR count). The third-order valence-electron chi connectivity index (χ3n) is 2.43. The highest BCUT2D eigenvalue weighted by Gasteiger charge is 2.18. The van der Waals surface area contributed by atoms with Crippen LogP contribution in [0.1, 0.15) is 6.42 Å². The predicted molar refractivity (Wildman–Crippen MR) is 67.9 cm³/mol. The molecule has 1 unspecified atom stereocenters. The Balaban J connectivity index is 2.84. The number of benzene rings is 1. The van der Waals surface area contributed by atoms with Crippen LogP contribution in [0.25, 0.3) is 0 Å². The lowest BCUT2D eigenvalue weighted by Crippen LogP contribution is -2.41. The van der Waals surface area contributed by atoms with Gasteiger partial charge in [0.25, 0.3) is 5.69 Å². The van der Waals surface area contributed by atoms with E-state index in [1.807, 2.05) is 0 Å². The molecule has 0 spiro atoms. The van der Waals surface area contributed by atoms with Crippen LogP contribution in [0.4, 0.5) is 11.4 Å². The Hall–Kier alpha value is -2.39. The van der Waals surface area contributed by atoms with Gasteiger partial charge >= 0.3 is 0 Å². The fourth-order valence-electron chi connectivity index (χ4n) is 1.39. The van der Waals surface area contributed by atoms with Gasteiger partial charge in [0, 0.05) is 31.3 Å². The molecule has 0 bridgehead atoms. The molecule has 0 aromatic heterocycles. The Morgan fingerprint density at radius 2 is 2.11 bits per heavy atom. The first kappa shape index (κ1) is 13.7. The Morgan fingerprint density at radius 1 is 1.56 bits per heavy atom. The van der Waals surface area contributed by atoms with Gasteiger partial charge in [-0.2, -0.15) is 0 Å². The fraction of sp³-hybridized carbons (Fsp3) is 0.250. The van der Waals surface area contributed by atoms with Crippen molar-refractivity contribution in [3.63, 3.8) is 0 Å². The minimum absolute atomic E-state index is 0.0347. The second-order valence-corrected chi connectivity index (χ2v) is 3.69. The maximum absolute atomic E-state index is 11.8. The lowest BCUT2D eigenvalue weighted by Gasteiger charge is -2.20. The number of rotatable bonds is 4. The summed E-state index contributed by atoms with van der Waals surface area (Å²) in [6.07, 6.45) is 5.23. The molecule has 0 saturated heterocycles. The van der Waals surface area contributed by atoms with Crippen molar-refractivity contribution in [2.45, 2.75) is 12.5 Å². The molecule has 0 aliphatic heterocycles. The summed E-state index contributed by atoms with van der Waals surface area (Å²) in [4.78, 5) is 23.1. The summed E-state index contributed by atoms with van der Waals surface area (Å²) >= 11 is 0. The summed E-state index contributed by atoms with van der Waals surface area (Å²) < 4.78 is 0. The monoisotopic (exact) mass is 247 g/mol. The van der Waals surface area contributed by atoms with Crippen LogP contribution in [0, 0.1) is 22.5 Å². The molecule has 0 fully saturated rings. The van der Waals surface area contributed by atoms with Gasteiger partial charge in [-0.3, -0.25) is 14.9 Å². The fourth-order valence-corrected chi connectivity index (χ4v) is 1.39. The molecule has 0 aliphatic rings. The van der Waals surface area contributed by atoms with Crippen LogP contribution < -0.4 is 10.6 Å². The number of anilines is 1. The first-order chi connectivity index (χ1) is 8.47. The summed E-state index contributed by atoms with van der Waals surface area (Å²) in [6.45, 7) is 0. The number of amides is 1. The largest absolute Gasteiger partial charge is 0.319 e. The van der Waals surface area contributed by atoms with Gasteiger partial charge in [-0.1, -0.05) is 0 Å². The maximum atomic E-state index is 11.8. The number of nitrogens with two attached hydrogens (primary N) is 1. The summed E-state index contributed by atoms with van der Waals surface area (Å²) in [5, 5.41) is 10.5. The van der Waals surface area contributed by atoms with E-state index in [9.17, 15) is 14.9 Å². The first-order valence-electron chi connectivity index (χ1n) is 5.18. The predicted octanol–water partition coefficient (Wildman–Crippen LogP) is 0.908. The molecule has 0 aliphatic carbocycles. The van der Waals surface area contributed by atoms with Gasteiger partial charge in [-0.05, 0) is 12.1 Å². The van der Waals surface area contributed by atoms with Crippen LogP contribution in [0.3, 0.4) is 0 Å². The molecule has 18 heavy (non-hydrogen) atoms. The topological polar surface area (TPSA) is 89.5 Å². The third-order valence-corrected chi connectivity index (χ3v) is 2.43. The number of carbonyl (C=O) groups is 1. The van der Waals surface area contributed by atoms with E-state index in [-0.39, 0.29) is 18.0 Å². The summed E-state index contributed by atoms with van der Waals surface area (Å²) in [5.41, 5.74) is 6.09. The Morgan fingerprint density at radius 3 is 2.56 bits per heavy atom. The van der Waals surface area contributed by atoms with Crippen LogP contribution in [-0.4, -0.2) is 23.9 Å². The lowest BCUT2D eigenvalue weighted by atomic mass is 10.2. The second kappa shape index (κ2) is 5.80. The number of non-ortho nitro benzene ring substituents is 1. The zero-order chi connectivity index (χ0) is 13.7. The third kappa shape index (κ3) is 3.06. The van der Waals surface area contributed by atoms with Crippen molar-refractivity contribution >= 4 is 17.3 Å². The molecule has 6 heteroatoms. The van der Waals surface area contributed by atoms with Gasteiger partial charge in [-0.15, -0.1) is 12.3 Å². The van der Waals surface area contributed by atoms with Crippen molar-refractivity contribution in [2.75, 3.05) is 11.9 Å². The molecule has 6 nitrogen and oxygen atoms in total.